The van der Waals surface area contributed by atoms with Gasteiger partial charge in [-0.3, -0.25) is 0 Å². The smallest absolute Gasteiger partial charge is 0.0546 e. The van der Waals surface area contributed by atoms with E-state index in [1.165, 1.54) is 0 Å². The number of rotatable bonds is 6. The quantitative estimate of drug-likeness (QED) is 0.697. The summed E-state index contributed by atoms with van der Waals surface area (Å²) in [6.45, 7) is 6.48. The lowest BCUT2D eigenvalue weighted by Gasteiger charge is -2.37. The van der Waals surface area contributed by atoms with Gasteiger partial charge in [0, 0.05) is 25.1 Å². The van der Waals surface area contributed by atoms with Crippen LogP contribution in [0.15, 0.2) is 0 Å². The second-order valence-electron chi connectivity index (χ2n) is 5.51. The first-order valence-corrected chi connectivity index (χ1v) is 5.96. The lowest BCUT2D eigenvalue weighted by Crippen LogP contribution is -2.42. The van der Waals surface area contributed by atoms with Gasteiger partial charge in [0.15, 0.2) is 0 Å². The van der Waals surface area contributed by atoms with Crippen LogP contribution in [0.25, 0.3) is 0 Å². The Balaban J connectivity index is 2.25. The molecular weight excluding hydrogens is 190 g/mol. The van der Waals surface area contributed by atoms with Crippen LogP contribution < -0.4 is 0 Å². The maximum absolute atomic E-state index is 9.31. The highest BCUT2D eigenvalue weighted by Crippen LogP contribution is 2.29. The molecule has 1 aliphatic carbocycles. The minimum Gasteiger partial charge on any atom is -0.396 e. The largest absolute Gasteiger partial charge is 0.396 e. The summed E-state index contributed by atoms with van der Waals surface area (Å²) in [5, 5.41) is 18.5. The third kappa shape index (κ3) is 3.74. The highest BCUT2D eigenvalue weighted by Gasteiger charge is 2.30. The second kappa shape index (κ2) is 5.28. The van der Waals surface area contributed by atoms with Gasteiger partial charge in [-0.05, 0) is 32.2 Å². The van der Waals surface area contributed by atoms with Gasteiger partial charge in [-0.25, -0.2) is 0 Å². The molecule has 2 N–H and O–H groups in total. The minimum atomic E-state index is -0.0567. The van der Waals surface area contributed by atoms with E-state index in [-0.39, 0.29) is 18.1 Å². The highest BCUT2D eigenvalue weighted by atomic mass is 16.3. The minimum absolute atomic E-state index is 0.0249. The Labute approximate surface area is 93.1 Å². The Morgan fingerprint density at radius 3 is 2.40 bits per heavy atom. The zero-order valence-corrected chi connectivity index (χ0v) is 10.2. The predicted molar refractivity (Wildman–Crippen MR) is 61.7 cm³/mol. The number of hydrogen-bond donors (Lipinski definition) is 2. The van der Waals surface area contributed by atoms with E-state index in [9.17, 15) is 10.2 Å². The van der Waals surface area contributed by atoms with Crippen molar-refractivity contribution in [3.63, 3.8) is 0 Å². The molecule has 0 spiro atoms. The fourth-order valence-corrected chi connectivity index (χ4v) is 2.28. The van der Waals surface area contributed by atoms with Crippen molar-refractivity contribution in [2.24, 2.45) is 11.3 Å². The molecule has 0 radical (unpaired) electrons. The summed E-state index contributed by atoms with van der Waals surface area (Å²) in [4.78, 5) is 2.29. The number of aliphatic hydroxyl groups is 2. The van der Waals surface area contributed by atoms with E-state index in [0.717, 1.165) is 32.4 Å². The van der Waals surface area contributed by atoms with Crippen LogP contribution >= 0.6 is 0 Å². The molecular formula is C12H25NO2. The molecule has 1 rings (SSSR count). The van der Waals surface area contributed by atoms with Crippen LogP contribution in [-0.2, 0) is 0 Å². The molecule has 3 heteroatoms. The molecule has 1 fully saturated rings. The molecule has 90 valence electrons. The van der Waals surface area contributed by atoms with Gasteiger partial charge in [0.25, 0.3) is 0 Å². The normalized spacial score (nSPS) is 30.0. The van der Waals surface area contributed by atoms with Gasteiger partial charge in [0.1, 0.15) is 0 Å². The second-order valence-corrected chi connectivity index (χ2v) is 5.51. The maximum atomic E-state index is 9.31. The molecule has 1 atom stereocenters. The van der Waals surface area contributed by atoms with E-state index >= 15 is 0 Å². The van der Waals surface area contributed by atoms with Crippen LogP contribution in [0.2, 0.25) is 0 Å². The zero-order valence-electron chi connectivity index (χ0n) is 10.2. The molecule has 0 aromatic rings. The summed E-state index contributed by atoms with van der Waals surface area (Å²) in [7, 11) is 2.11. The van der Waals surface area contributed by atoms with Gasteiger partial charge in [0.05, 0.1) is 6.10 Å². The summed E-state index contributed by atoms with van der Waals surface area (Å²) in [5.74, 6) is 0.657. The molecule has 0 saturated heterocycles. The molecule has 0 heterocycles. The van der Waals surface area contributed by atoms with E-state index in [0.29, 0.717) is 5.92 Å². The van der Waals surface area contributed by atoms with E-state index in [1.807, 2.05) is 0 Å². The predicted octanol–water partition coefficient (Wildman–Crippen LogP) is 1.10. The molecule has 0 aromatic carbocycles. The van der Waals surface area contributed by atoms with Crippen molar-refractivity contribution in [3.05, 3.63) is 0 Å². The first kappa shape index (κ1) is 12.9. The van der Waals surface area contributed by atoms with Crippen LogP contribution in [0.4, 0.5) is 0 Å². The van der Waals surface area contributed by atoms with Crippen molar-refractivity contribution in [3.8, 4) is 0 Å². The fourth-order valence-electron chi connectivity index (χ4n) is 2.28. The lowest BCUT2D eigenvalue weighted by molar-refractivity contribution is 0.0169. The number of nitrogens with zero attached hydrogens (tertiary/aromatic N) is 1. The first-order chi connectivity index (χ1) is 6.99. The van der Waals surface area contributed by atoms with Gasteiger partial charge >= 0.3 is 0 Å². The van der Waals surface area contributed by atoms with Crippen LogP contribution in [0.1, 0.15) is 33.1 Å². The van der Waals surface area contributed by atoms with Crippen LogP contribution in [0.5, 0.6) is 0 Å². The zero-order chi connectivity index (χ0) is 11.5. The fraction of sp³-hybridized carbons (Fsp3) is 1.00. The molecule has 0 aliphatic heterocycles. The Morgan fingerprint density at radius 2 is 2.00 bits per heavy atom. The third-order valence-corrected chi connectivity index (χ3v) is 3.67. The van der Waals surface area contributed by atoms with Gasteiger partial charge < -0.3 is 15.1 Å². The summed E-state index contributed by atoms with van der Waals surface area (Å²) in [6, 6.07) is 0. The Hall–Kier alpha value is -0.120. The molecule has 0 aromatic heterocycles. The lowest BCUT2D eigenvalue weighted by atomic mass is 9.81. The Kier molecular flexibility index (Phi) is 4.56. The maximum Gasteiger partial charge on any atom is 0.0546 e. The number of hydrogen-bond acceptors (Lipinski definition) is 3. The van der Waals surface area contributed by atoms with Crippen molar-refractivity contribution in [2.75, 3.05) is 26.7 Å². The molecule has 1 saturated carbocycles. The third-order valence-electron chi connectivity index (χ3n) is 3.67. The molecule has 0 bridgehead atoms. The van der Waals surface area contributed by atoms with E-state index < -0.39 is 0 Å². The van der Waals surface area contributed by atoms with Crippen molar-refractivity contribution in [1.29, 1.82) is 0 Å². The number of aliphatic hydroxyl groups excluding tert-OH is 2. The summed E-state index contributed by atoms with van der Waals surface area (Å²) < 4.78 is 0. The van der Waals surface area contributed by atoms with Crippen molar-refractivity contribution < 1.29 is 10.2 Å². The molecule has 0 amide bonds. The van der Waals surface area contributed by atoms with E-state index in [1.54, 1.807) is 0 Å². The van der Waals surface area contributed by atoms with Crippen molar-refractivity contribution >= 4 is 0 Å². The molecule has 3 nitrogen and oxygen atoms in total. The van der Waals surface area contributed by atoms with Crippen molar-refractivity contribution in [2.45, 2.75) is 39.2 Å². The van der Waals surface area contributed by atoms with Gasteiger partial charge in [-0.1, -0.05) is 13.8 Å². The topological polar surface area (TPSA) is 43.7 Å². The average molecular weight is 215 g/mol. The Morgan fingerprint density at radius 1 is 1.40 bits per heavy atom. The summed E-state index contributed by atoms with van der Waals surface area (Å²) >= 11 is 0. The van der Waals surface area contributed by atoms with Crippen LogP contribution in [0, 0.1) is 11.3 Å². The van der Waals surface area contributed by atoms with Crippen LogP contribution in [-0.4, -0.2) is 48.0 Å². The highest BCUT2D eigenvalue weighted by molar-refractivity contribution is 4.82. The van der Waals surface area contributed by atoms with Crippen LogP contribution in [0.3, 0.4) is 0 Å². The first-order valence-electron chi connectivity index (χ1n) is 5.96. The monoisotopic (exact) mass is 215 g/mol. The molecule has 1 aliphatic rings. The Bertz CT molecular complexity index is 186. The van der Waals surface area contributed by atoms with Gasteiger partial charge in [-0.15, -0.1) is 0 Å². The molecule has 1 unspecified atom stereocenters. The van der Waals surface area contributed by atoms with E-state index in [4.69, 9.17) is 0 Å². The summed E-state index contributed by atoms with van der Waals surface area (Å²) in [6.07, 6.45) is 2.85. The van der Waals surface area contributed by atoms with E-state index in [2.05, 4.69) is 25.8 Å². The van der Waals surface area contributed by atoms with Crippen molar-refractivity contribution in [1.82, 2.24) is 4.90 Å². The van der Waals surface area contributed by atoms with Gasteiger partial charge in [0.2, 0.25) is 0 Å². The molecule has 15 heavy (non-hydrogen) atoms. The van der Waals surface area contributed by atoms with Gasteiger partial charge in [-0.2, -0.15) is 0 Å². The standard InChI is InChI=1S/C12H25NO2/c1-4-12(2,9-14)8-13(3)7-10-5-11(15)6-10/h10-11,14-15H,4-9H2,1-3H3. The average Bonchev–Trinajstić information content (AvgIpc) is 2.15. The SMILES string of the molecule is CCC(C)(CO)CN(C)CC1CC(O)C1. The summed E-state index contributed by atoms with van der Waals surface area (Å²) in [5.41, 5.74) is 0.0249.